The lowest BCUT2D eigenvalue weighted by molar-refractivity contribution is 0.618. The first-order valence-electron chi connectivity index (χ1n) is 7.29. The zero-order chi connectivity index (χ0) is 14.1. The molecule has 3 N–H and O–H groups in total. The number of aryl methyl sites for hydroxylation is 1. The molecule has 3 rings (SSSR count). The molecule has 1 aliphatic carbocycles. The van der Waals surface area contributed by atoms with Crippen LogP contribution in [0, 0.1) is 6.92 Å². The molecule has 0 saturated heterocycles. The number of aromatic nitrogens is 2. The number of rotatable bonds is 3. The number of nitrogen functional groups attached to an aromatic ring is 1. The minimum atomic E-state index is -0.0894. The van der Waals surface area contributed by atoms with Gasteiger partial charge in [-0.15, -0.1) is 0 Å². The molecule has 0 bridgehead atoms. The lowest BCUT2D eigenvalue weighted by atomic mass is 10.0. The molecule has 2 aromatic rings. The molecule has 4 nitrogen and oxygen atoms in total. The largest absolute Gasteiger partial charge is 0.393 e. The molecule has 0 aliphatic heterocycles. The first kappa shape index (κ1) is 13.0. The Balaban J connectivity index is 1.90. The zero-order valence-electron chi connectivity index (χ0n) is 11.9. The van der Waals surface area contributed by atoms with Crippen molar-refractivity contribution in [2.75, 3.05) is 5.73 Å². The van der Waals surface area contributed by atoms with Crippen LogP contribution in [0.3, 0.4) is 0 Å². The minimum Gasteiger partial charge on any atom is -0.393 e. The van der Waals surface area contributed by atoms with E-state index >= 15 is 0 Å². The summed E-state index contributed by atoms with van der Waals surface area (Å²) in [7, 11) is 0. The van der Waals surface area contributed by atoms with E-state index in [9.17, 15) is 4.79 Å². The van der Waals surface area contributed by atoms with Crippen LogP contribution in [-0.2, 0) is 6.54 Å². The van der Waals surface area contributed by atoms with E-state index in [2.05, 4.69) is 24.2 Å². The Bertz CT molecular complexity index is 663. The maximum absolute atomic E-state index is 12.2. The molecule has 1 aromatic carbocycles. The zero-order valence-corrected chi connectivity index (χ0v) is 11.9. The van der Waals surface area contributed by atoms with Crippen molar-refractivity contribution in [3.8, 4) is 0 Å². The number of aromatic amines is 1. The topological polar surface area (TPSA) is 63.8 Å². The lowest BCUT2D eigenvalue weighted by Crippen LogP contribution is -2.19. The predicted molar refractivity (Wildman–Crippen MR) is 81.0 cm³/mol. The van der Waals surface area contributed by atoms with Gasteiger partial charge in [-0.25, -0.2) is 4.68 Å². The van der Waals surface area contributed by atoms with Crippen LogP contribution in [-0.4, -0.2) is 9.78 Å². The normalized spacial score (nSPS) is 15.8. The summed E-state index contributed by atoms with van der Waals surface area (Å²) in [5.74, 6) is 0.432. The van der Waals surface area contributed by atoms with E-state index in [1.807, 2.05) is 12.1 Å². The van der Waals surface area contributed by atoms with Crippen molar-refractivity contribution in [1.29, 1.82) is 0 Å². The highest BCUT2D eigenvalue weighted by atomic mass is 16.1. The molecule has 106 valence electrons. The summed E-state index contributed by atoms with van der Waals surface area (Å²) < 4.78 is 1.64. The van der Waals surface area contributed by atoms with Crippen LogP contribution >= 0.6 is 0 Å². The molecule has 1 saturated carbocycles. The standard InChI is InChI=1S/C16H21N3O/c1-11-5-4-6-12(9-11)10-19-16(20)14(17)15(18-19)13-7-2-3-8-13/h4-6,9,13,18H,2-3,7-8,10,17H2,1H3. The number of benzene rings is 1. The van der Waals surface area contributed by atoms with E-state index in [0.29, 0.717) is 18.2 Å². The highest BCUT2D eigenvalue weighted by molar-refractivity contribution is 5.43. The molecule has 1 aliphatic rings. The van der Waals surface area contributed by atoms with Gasteiger partial charge in [-0.3, -0.25) is 9.89 Å². The molecule has 1 heterocycles. The van der Waals surface area contributed by atoms with Crippen LogP contribution in [0.25, 0.3) is 0 Å². The van der Waals surface area contributed by atoms with Gasteiger partial charge >= 0.3 is 0 Å². The van der Waals surface area contributed by atoms with Gasteiger partial charge < -0.3 is 5.73 Å². The molecule has 1 aromatic heterocycles. The van der Waals surface area contributed by atoms with Gasteiger partial charge in [-0.05, 0) is 25.3 Å². The van der Waals surface area contributed by atoms with Crippen molar-refractivity contribution in [2.45, 2.75) is 45.1 Å². The van der Waals surface area contributed by atoms with Gasteiger partial charge in [0, 0.05) is 5.92 Å². The number of nitrogens with one attached hydrogen (secondary N) is 1. The van der Waals surface area contributed by atoms with Crippen LogP contribution < -0.4 is 11.3 Å². The second-order valence-corrected chi connectivity index (χ2v) is 5.80. The van der Waals surface area contributed by atoms with Crippen LogP contribution in [0.4, 0.5) is 5.69 Å². The SMILES string of the molecule is Cc1cccc(Cn2[nH]c(C3CCCC3)c(N)c2=O)c1. The lowest BCUT2D eigenvalue weighted by Gasteiger charge is -2.07. The number of hydrogen-bond donors (Lipinski definition) is 2. The number of hydrogen-bond acceptors (Lipinski definition) is 2. The first-order chi connectivity index (χ1) is 9.65. The Morgan fingerprint density at radius 3 is 2.80 bits per heavy atom. The summed E-state index contributed by atoms with van der Waals surface area (Å²) in [6, 6.07) is 8.20. The average Bonchev–Trinajstić information content (AvgIpc) is 3.03. The van der Waals surface area contributed by atoms with Gasteiger partial charge in [0.15, 0.2) is 0 Å². The van der Waals surface area contributed by atoms with Crippen LogP contribution in [0.2, 0.25) is 0 Å². The molecular weight excluding hydrogens is 250 g/mol. The summed E-state index contributed by atoms with van der Waals surface area (Å²) in [6.07, 6.45) is 4.73. The Morgan fingerprint density at radius 2 is 2.10 bits per heavy atom. The van der Waals surface area contributed by atoms with Gasteiger partial charge in [0.25, 0.3) is 5.56 Å². The fourth-order valence-electron chi connectivity index (χ4n) is 3.15. The van der Waals surface area contributed by atoms with E-state index in [1.165, 1.54) is 18.4 Å². The van der Waals surface area contributed by atoms with Crippen molar-refractivity contribution in [3.05, 3.63) is 51.4 Å². The molecule has 0 spiro atoms. The first-order valence-corrected chi connectivity index (χ1v) is 7.29. The molecule has 0 radical (unpaired) electrons. The number of anilines is 1. The summed E-state index contributed by atoms with van der Waals surface area (Å²) in [6.45, 7) is 2.61. The molecule has 4 heteroatoms. The summed E-state index contributed by atoms with van der Waals surface area (Å²) in [5, 5.41) is 3.24. The van der Waals surface area contributed by atoms with Crippen molar-refractivity contribution in [1.82, 2.24) is 9.78 Å². The Kier molecular flexibility index (Phi) is 3.38. The molecule has 20 heavy (non-hydrogen) atoms. The van der Waals surface area contributed by atoms with E-state index in [-0.39, 0.29) is 5.56 Å². The van der Waals surface area contributed by atoms with E-state index in [4.69, 9.17) is 5.73 Å². The van der Waals surface area contributed by atoms with Crippen molar-refractivity contribution in [2.24, 2.45) is 0 Å². The van der Waals surface area contributed by atoms with E-state index in [1.54, 1.807) is 4.68 Å². The molecule has 1 fully saturated rings. The van der Waals surface area contributed by atoms with Crippen LogP contribution in [0.1, 0.15) is 48.4 Å². The highest BCUT2D eigenvalue weighted by Crippen LogP contribution is 2.34. The van der Waals surface area contributed by atoms with Gasteiger partial charge in [-0.2, -0.15) is 0 Å². The Morgan fingerprint density at radius 1 is 1.35 bits per heavy atom. The van der Waals surface area contributed by atoms with Crippen LogP contribution in [0.15, 0.2) is 29.1 Å². The van der Waals surface area contributed by atoms with Crippen molar-refractivity contribution >= 4 is 5.69 Å². The third-order valence-electron chi connectivity index (χ3n) is 4.21. The number of nitrogens with zero attached hydrogens (tertiary/aromatic N) is 1. The average molecular weight is 271 g/mol. The van der Waals surface area contributed by atoms with Crippen molar-refractivity contribution in [3.63, 3.8) is 0 Å². The molecule has 0 atom stereocenters. The minimum absolute atomic E-state index is 0.0894. The third-order valence-corrected chi connectivity index (χ3v) is 4.21. The summed E-state index contributed by atoms with van der Waals surface area (Å²) in [5.41, 5.74) is 9.58. The third kappa shape index (κ3) is 2.38. The van der Waals surface area contributed by atoms with Crippen molar-refractivity contribution < 1.29 is 0 Å². The van der Waals surface area contributed by atoms with Gasteiger partial charge in [0.2, 0.25) is 0 Å². The fourth-order valence-corrected chi connectivity index (χ4v) is 3.15. The monoisotopic (exact) mass is 271 g/mol. The Hall–Kier alpha value is -1.97. The second-order valence-electron chi connectivity index (χ2n) is 5.80. The number of nitrogens with two attached hydrogens (primary N) is 1. The quantitative estimate of drug-likeness (QED) is 0.901. The molecular formula is C16H21N3O. The van der Waals surface area contributed by atoms with E-state index < -0.39 is 0 Å². The smallest absolute Gasteiger partial charge is 0.290 e. The molecule has 0 amide bonds. The van der Waals surface area contributed by atoms with Crippen LogP contribution in [0.5, 0.6) is 0 Å². The maximum Gasteiger partial charge on any atom is 0.290 e. The fraction of sp³-hybridized carbons (Fsp3) is 0.438. The maximum atomic E-state index is 12.2. The second kappa shape index (κ2) is 5.19. The summed E-state index contributed by atoms with van der Waals surface area (Å²) in [4.78, 5) is 12.2. The highest BCUT2D eigenvalue weighted by Gasteiger charge is 2.23. The van der Waals surface area contributed by atoms with E-state index in [0.717, 1.165) is 24.1 Å². The molecule has 0 unspecified atom stereocenters. The van der Waals surface area contributed by atoms with Gasteiger partial charge in [0.05, 0.1) is 12.2 Å². The van der Waals surface area contributed by atoms with Gasteiger partial charge in [-0.1, -0.05) is 42.7 Å². The van der Waals surface area contributed by atoms with Gasteiger partial charge in [0.1, 0.15) is 5.69 Å². The number of H-pyrrole nitrogens is 1. The summed E-state index contributed by atoms with van der Waals surface area (Å²) >= 11 is 0. The Labute approximate surface area is 118 Å². The predicted octanol–water partition coefficient (Wildman–Crippen LogP) is 2.77.